The van der Waals surface area contributed by atoms with Gasteiger partial charge in [0, 0.05) is 29.2 Å². The Balaban J connectivity index is 0.00000225. The lowest BCUT2D eigenvalue weighted by Gasteiger charge is -2.22. The molecule has 2 fully saturated rings. The van der Waals surface area contributed by atoms with Crippen LogP contribution >= 0.6 is 28.3 Å². The summed E-state index contributed by atoms with van der Waals surface area (Å²) in [6.07, 6.45) is 3.46. The van der Waals surface area contributed by atoms with E-state index in [4.69, 9.17) is 5.73 Å². The number of hydrogen-bond acceptors (Lipinski definition) is 3. The third-order valence-electron chi connectivity index (χ3n) is 5.24. The first-order valence-electron chi connectivity index (χ1n) is 8.56. The van der Waals surface area contributed by atoms with Crippen molar-refractivity contribution in [2.24, 2.45) is 17.6 Å². The Kier molecular flexibility index (Phi) is 6.88. The summed E-state index contributed by atoms with van der Waals surface area (Å²) in [7, 11) is 0. The molecule has 5 nitrogen and oxygen atoms in total. The molecule has 1 saturated carbocycles. The molecular formula is C18H25BrClN3O2. The van der Waals surface area contributed by atoms with Gasteiger partial charge in [-0.1, -0.05) is 22.4 Å². The van der Waals surface area contributed by atoms with Crippen LogP contribution in [0.3, 0.4) is 0 Å². The van der Waals surface area contributed by atoms with E-state index in [-0.39, 0.29) is 42.6 Å². The number of nitrogens with two attached hydrogens (primary N) is 1. The number of carbonyl (C=O) groups excluding carboxylic acids is 2. The lowest BCUT2D eigenvalue weighted by Crippen LogP contribution is -2.43. The lowest BCUT2D eigenvalue weighted by atomic mass is 10.0. The molecule has 0 bridgehead atoms. The Labute approximate surface area is 163 Å². The van der Waals surface area contributed by atoms with Gasteiger partial charge in [0.05, 0.1) is 5.92 Å². The number of benzene rings is 1. The maximum absolute atomic E-state index is 12.6. The SMILES string of the molecule is Cc1cc(N2CC(C(=O)NC3CCCC3CN)CC2=O)ccc1Br.Cl. The van der Waals surface area contributed by atoms with Crippen LogP contribution in [0.1, 0.15) is 31.2 Å². The van der Waals surface area contributed by atoms with Crippen molar-refractivity contribution >= 4 is 45.8 Å². The second kappa shape index (κ2) is 8.52. The predicted molar refractivity (Wildman–Crippen MR) is 105 cm³/mol. The van der Waals surface area contributed by atoms with E-state index in [1.54, 1.807) is 4.90 Å². The zero-order valence-corrected chi connectivity index (χ0v) is 16.7. The Morgan fingerprint density at radius 3 is 2.84 bits per heavy atom. The Morgan fingerprint density at radius 2 is 2.16 bits per heavy atom. The van der Waals surface area contributed by atoms with E-state index in [0.29, 0.717) is 19.0 Å². The Morgan fingerprint density at radius 1 is 1.40 bits per heavy atom. The molecule has 1 aliphatic heterocycles. The van der Waals surface area contributed by atoms with Gasteiger partial charge in [0.1, 0.15) is 0 Å². The van der Waals surface area contributed by atoms with Gasteiger partial charge >= 0.3 is 0 Å². The molecule has 0 radical (unpaired) electrons. The van der Waals surface area contributed by atoms with E-state index >= 15 is 0 Å². The molecule has 138 valence electrons. The normalized spacial score (nSPS) is 25.8. The lowest BCUT2D eigenvalue weighted by molar-refractivity contribution is -0.127. The van der Waals surface area contributed by atoms with Gasteiger partial charge in [-0.25, -0.2) is 0 Å². The van der Waals surface area contributed by atoms with Crippen LogP contribution in [0.15, 0.2) is 22.7 Å². The van der Waals surface area contributed by atoms with Crippen molar-refractivity contribution in [3.8, 4) is 0 Å². The van der Waals surface area contributed by atoms with E-state index in [0.717, 1.165) is 35.0 Å². The van der Waals surface area contributed by atoms with Gasteiger partial charge in [-0.15, -0.1) is 12.4 Å². The number of hydrogen-bond donors (Lipinski definition) is 2. The highest BCUT2D eigenvalue weighted by Gasteiger charge is 2.37. The number of carbonyl (C=O) groups is 2. The largest absolute Gasteiger partial charge is 0.353 e. The van der Waals surface area contributed by atoms with Crippen molar-refractivity contribution in [1.82, 2.24) is 5.32 Å². The molecule has 25 heavy (non-hydrogen) atoms. The molecule has 3 rings (SSSR count). The number of halogens is 2. The zero-order chi connectivity index (χ0) is 17.3. The van der Waals surface area contributed by atoms with Crippen LogP contribution in [0.4, 0.5) is 5.69 Å². The summed E-state index contributed by atoms with van der Waals surface area (Å²) in [5.41, 5.74) is 7.71. The fraction of sp³-hybridized carbons (Fsp3) is 0.556. The number of anilines is 1. The van der Waals surface area contributed by atoms with Crippen LogP contribution in [-0.4, -0.2) is 30.9 Å². The van der Waals surface area contributed by atoms with Gasteiger partial charge in [0.15, 0.2) is 0 Å². The quantitative estimate of drug-likeness (QED) is 0.771. The van der Waals surface area contributed by atoms with Crippen LogP contribution in [-0.2, 0) is 9.59 Å². The van der Waals surface area contributed by atoms with Crippen LogP contribution in [0.2, 0.25) is 0 Å². The van der Waals surface area contributed by atoms with Crippen LogP contribution in [0.5, 0.6) is 0 Å². The first-order chi connectivity index (χ1) is 11.5. The molecule has 1 aromatic rings. The van der Waals surface area contributed by atoms with Crippen molar-refractivity contribution in [1.29, 1.82) is 0 Å². The fourth-order valence-corrected chi connectivity index (χ4v) is 3.99. The minimum Gasteiger partial charge on any atom is -0.353 e. The number of nitrogens with zero attached hydrogens (tertiary/aromatic N) is 1. The second-order valence-corrected chi connectivity index (χ2v) is 7.73. The molecule has 2 aliphatic rings. The van der Waals surface area contributed by atoms with Crippen molar-refractivity contribution in [3.63, 3.8) is 0 Å². The predicted octanol–water partition coefficient (Wildman–Crippen LogP) is 2.78. The molecule has 1 aromatic carbocycles. The fourth-order valence-electron chi connectivity index (χ4n) is 3.74. The van der Waals surface area contributed by atoms with Gasteiger partial charge in [0.2, 0.25) is 11.8 Å². The summed E-state index contributed by atoms with van der Waals surface area (Å²) in [6, 6.07) is 6.00. The van der Waals surface area contributed by atoms with Crippen molar-refractivity contribution in [2.45, 2.75) is 38.6 Å². The molecule has 0 aromatic heterocycles. The minimum absolute atomic E-state index is 0. The second-order valence-electron chi connectivity index (χ2n) is 6.88. The molecule has 1 saturated heterocycles. The summed E-state index contributed by atoms with van der Waals surface area (Å²) < 4.78 is 1.02. The summed E-state index contributed by atoms with van der Waals surface area (Å²) >= 11 is 3.47. The first kappa shape index (κ1) is 20.2. The molecule has 3 unspecified atom stereocenters. The number of amides is 2. The third-order valence-corrected chi connectivity index (χ3v) is 6.13. The molecule has 3 N–H and O–H groups in total. The molecule has 0 spiro atoms. The van der Waals surface area contributed by atoms with Gasteiger partial charge < -0.3 is 16.0 Å². The van der Waals surface area contributed by atoms with E-state index < -0.39 is 0 Å². The van der Waals surface area contributed by atoms with Gasteiger partial charge in [-0.3, -0.25) is 9.59 Å². The molecule has 2 amide bonds. The highest BCUT2D eigenvalue weighted by Crippen LogP contribution is 2.30. The van der Waals surface area contributed by atoms with Gasteiger partial charge in [-0.2, -0.15) is 0 Å². The highest BCUT2D eigenvalue weighted by atomic mass is 79.9. The highest BCUT2D eigenvalue weighted by molar-refractivity contribution is 9.10. The average molecular weight is 431 g/mol. The Hall–Kier alpha value is -1.11. The van der Waals surface area contributed by atoms with Gasteiger partial charge in [-0.05, 0) is 56.0 Å². The first-order valence-corrected chi connectivity index (χ1v) is 9.36. The van der Waals surface area contributed by atoms with E-state index in [1.807, 2.05) is 25.1 Å². The molecule has 1 aliphatic carbocycles. The van der Waals surface area contributed by atoms with Gasteiger partial charge in [0.25, 0.3) is 0 Å². The van der Waals surface area contributed by atoms with Crippen LogP contribution in [0, 0.1) is 18.8 Å². The number of rotatable bonds is 4. The van der Waals surface area contributed by atoms with Crippen molar-refractivity contribution in [2.75, 3.05) is 18.0 Å². The zero-order valence-electron chi connectivity index (χ0n) is 14.3. The average Bonchev–Trinajstić information content (AvgIpc) is 3.16. The monoisotopic (exact) mass is 429 g/mol. The van der Waals surface area contributed by atoms with Crippen molar-refractivity contribution in [3.05, 3.63) is 28.2 Å². The number of nitrogens with one attached hydrogen (secondary N) is 1. The smallest absolute Gasteiger partial charge is 0.227 e. The van der Waals surface area contributed by atoms with Crippen LogP contribution < -0.4 is 16.0 Å². The van der Waals surface area contributed by atoms with Crippen LogP contribution in [0.25, 0.3) is 0 Å². The molecular weight excluding hydrogens is 406 g/mol. The standard InChI is InChI=1S/C18H24BrN3O2.ClH/c1-11-7-14(5-6-15(11)19)22-10-13(8-17(22)23)18(24)21-16-4-2-3-12(16)9-20;/h5-7,12-13,16H,2-4,8-10,20H2,1H3,(H,21,24);1H. The summed E-state index contributed by atoms with van der Waals surface area (Å²) in [5.74, 6) is 0.0976. The summed E-state index contributed by atoms with van der Waals surface area (Å²) in [5, 5.41) is 3.13. The summed E-state index contributed by atoms with van der Waals surface area (Å²) in [6.45, 7) is 3.05. The molecule has 7 heteroatoms. The van der Waals surface area contributed by atoms with E-state index in [2.05, 4.69) is 21.2 Å². The maximum Gasteiger partial charge on any atom is 0.227 e. The molecule has 3 atom stereocenters. The topological polar surface area (TPSA) is 75.4 Å². The molecule has 1 heterocycles. The summed E-state index contributed by atoms with van der Waals surface area (Å²) in [4.78, 5) is 26.6. The number of aryl methyl sites for hydroxylation is 1. The minimum atomic E-state index is -0.277. The van der Waals surface area contributed by atoms with E-state index in [1.165, 1.54) is 0 Å². The third kappa shape index (κ3) is 4.36. The Bertz CT molecular complexity index is 655. The van der Waals surface area contributed by atoms with E-state index in [9.17, 15) is 9.59 Å². The maximum atomic E-state index is 12.6. The van der Waals surface area contributed by atoms with Crippen molar-refractivity contribution < 1.29 is 9.59 Å².